The highest BCUT2D eigenvalue weighted by Gasteiger charge is 2.11. The third-order valence-electron chi connectivity index (χ3n) is 3.56. The average Bonchev–Trinajstić information content (AvgIpc) is 2.66. The number of nitrogens with one attached hydrogen (secondary N) is 1. The van der Waals surface area contributed by atoms with Gasteiger partial charge in [-0.3, -0.25) is 0 Å². The Bertz CT molecular complexity index is 429. The van der Waals surface area contributed by atoms with Crippen molar-refractivity contribution in [3.05, 3.63) is 35.9 Å². The zero-order valence-electron chi connectivity index (χ0n) is 11.1. The first-order valence-corrected chi connectivity index (χ1v) is 7.01. The highest BCUT2D eigenvalue weighted by molar-refractivity contribution is 5.85. The van der Waals surface area contributed by atoms with E-state index in [2.05, 4.69) is 5.32 Å². The standard InChI is InChI=1S/C16H21NO2/c18-16(19)12-9-13-7-10-15(11-8-13)17-14-5-3-1-2-4-6-14/h7-12,14,17H,1-6H2,(H,18,19)/b12-9+. The van der Waals surface area contributed by atoms with Crippen molar-refractivity contribution in [3.63, 3.8) is 0 Å². The highest BCUT2D eigenvalue weighted by Crippen LogP contribution is 2.21. The molecule has 1 fully saturated rings. The molecule has 3 heteroatoms. The molecule has 0 unspecified atom stereocenters. The Balaban J connectivity index is 1.92. The summed E-state index contributed by atoms with van der Waals surface area (Å²) in [5, 5.41) is 12.1. The third kappa shape index (κ3) is 4.78. The van der Waals surface area contributed by atoms with Gasteiger partial charge in [0.05, 0.1) is 0 Å². The first kappa shape index (κ1) is 13.7. The number of anilines is 1. The molecule has 0 atom stereocenters. The van der Waals surface area contributed by atoms with Gasteiger partial charge < -0.3 is 10.4 Å². The molecule has 0 aliphatic heterocycles. The van der Waals surface area contributed by atoms with Gasteiger partial charge in [0.1, 0.15) is 0 Å². The van der Waals surface area contributed by atoms with Crippen molar-refractivity contribution < 1.29 is 9.90 Å². The van der Waals surface area contributed by atoms with E-state index in [1.165, 1.54) is 38.5 Å². The van der Waals surface area contributed by atoms with Crippen molar-refractivity contribution >= 4 is 17.7 Å². The van der Waals surface area contributed by atoms with Crippen molar-refractivity contribution in [2.45, 2.75) is 44.6 Å². The zero-order valence-corrected chi connectivity index (χ0v) is 11.1. The number of hydrogen-bond donors (Lipinski definition) is 2. The minimum atomic E-state index is -0.916. The van der Waals surface area contributed by atoms with Crippen LogP contribution in [0.1, 0.15) is 44.1 Å². The fraction of sp³-hybridized carbons (Fsp3) is 0.438. The van der Waals surface area contributed by atoms with Gasteiger partial charge in [0.2, 0.25) is 0 Å². The van der Waals surface area contributed by atoms with Gasteiger partial charge in [0, 0.05) is 17.8 Å². The maximum atomic E-state index is 10.4. The predicted octanol–water partition coefficient (Wildman–Crippen LogP) is 3.92. The number of rotatable bonds is 4. The van der Waals surface area contributed by atoms with Crippen LogP contribution >= 0.6 is 0 Å². The molecular weight excluding hydrogens is 238 g/mol. The molecule has 1 aromatic rings. The average molecular weight is 259 g/mol. The lowest BCUT2D eigenvalue weighted by Gasteiger charge is -2.17. The zero-order chi connectivity index (χ0) is 13.5. The normalized spacial score (nSPS) is 17.3. The predicted molar refractivity (Wildman–Crippen MR) is 78.2 cm³/mol. The van der Waals surface area contributed by atoms with E-state index in [4.69, 9.17) is 5.11 Å². The maximum Gasteiger partial charge on any atom is 0.328 e. The molecule has 0 amide bonds. The number of benzene rings is 1. The monoisotopic (exact) mass is 259 g/mol. The molecule has 1 saturated carbocycles. The van der Waals surface area contributed by atoms with Crippen LogP contribution in [0.2, 0.25) is 0 Å². The Morgan fingerprint density at radius 2 is 1.74 bits per heavy atom. The van der Waals surface area contributed by atoms with E-state index in [1.807, 2.05) is 24.3 Å². The summed E-state index contributed by atoms with van der Waals surface area (Å²) in [5.41, 5.74) is 2.04. The van der Waals surface area contributed by atoms with Crippen LogP contribution in [-0.2, 0) is 4.79 Å². The van der Waals surface area contributed by atoms with E-state index in [9.17, 15) is 4.79 Å². The van der Waals surface area contributed by atoms with Crippen LogP contribution in [-0.4, -0.2) is 17.1 Å². The number of carboxylic acid groups (broad SMARTS) is 1. The van der Waals surface area contributed by atoms with Crippen LogP contribution in [0.4, 0.5) is 5.69 Å². The van der Waals surface area contributed by atoms with Crippen LogP contribution < -0.4 is 5.32 Å². The van der Waals surface area contributed by atoms with Gasteiger partial charge in [0.25, 0.3) is 0 Å². The van der Waals surface area contributed by atoms with Crippen molar-refractivity contribution in [1.82, 2.24) is 0 Å². The van der Waals surface area contributed by atoms with Gasteiger partial charge in [-0.25, -0.2) is 4.79 Å². The summed E-state index contributed by atoms with van der Waals surface area (Å²) in [7, 11) is 0. The highest BCUT2D eigenvalue weighted by atomic mass is 16.4. The summed E-state index contributed by atoms with van der Waals surface area (Å²) in [4.78, 5) is 10.4. The SMILES string of the molecule is O=C(O)/C=C/c1ccc(NC2CCCCCC2)cc1. The Kier molecular flexibility index (Phi) is 5.01. The third-order valence-corrected chi connectivity index (χ3v) is 3.56. The fourth-order valence-electron chi connectivity index (χ4n) is 2.52. The number of carbonyl (C=O) groups is 1. The molecule has 0 spiro atoms. The smallest absolute Gasteiger partial charge is 0.328 e. The Morgan fingerprint density at radius 1 is 1.11 bits per heavy atom. The van der Waals surface area contributed by atoms with E-state index >= 15 is 0 Å². The van der Waals surface area contributed by atoms with Crippen LogP contribution in [0.5, 0.6) is 0 Å². The lowest BCUT2D eigenvalue weighted by atomic mass is 10.1. The number of hydrogen-bond acceptors (Lipinski definition) is 2. The molecule has 1 aliphatic carbocycles. The second kappa shape index (κ2) is 6.98. The molecule has 0 radical (unpaired) electrons. The second-order valence-electron chi connectivity index (χ2n) is 5.13. The van der Waals surface area contributed by atoms with Gasteiger partial charge in [-0.15, -0.1) is 0 Å². The first-order valence-electron chi connectivity index (χ1n) is 7.01. The summed E-state index contributed by atoms with van der Waals surface area (Å²) in [6.45, 7) is 0. The van der Waals surface area contributed by atoms with Crippen LogP contribution in [0.25, 0.3) is 6.08 Å². The Labute approximate surface area is 114 Å². The topological polar surface area (TPSA) is 49.3 Å². The minimum Gasteiger partial charge on any atom is -0.478 e. The summed E-state index contributed by atoms with van der Waals surface area (Å²) in [6, 6.07) is 8.51. The molecule has 2 N–H and O–H groups in total. The van der Waals surface area contributed by atoms with Crippen molar-refractivity contribution in [1.29, 1.82) is 0 Å². The Hall–Kier alpha value is -1.77. The summed E-state index contributed by atoms with van der Waals surface area (Å²) in [5.74, 6) is -0.916. The van der Waals surface area contributed by atoms with Gasteiger partial charge in [0.15, 0.2) is 0 Å². The summed E-state index contributed by atoms with van der Waals surface area (Å²) in [6.07, 6.45) is 10.6. The molecule has 102 valence electrons. The van der Waals surface area contributed by atoms with Crippen LogP contribution in [0, 0.1) is 0 Å². The molecule has 0 aromatic heterocycles. The first-order chi connectivity index (χ1) is 9.24. The van der Waals surface area contributed by atoms with Gasteiger partial charge in [-0.05, 0) is 36.6 Å². The molecule has 0 saturated heterocycles. The van der Waals surface area contributed by atoms with Crippen molar-refractivity contribution in [2.75, 3.05) is 5.32 Å². The Morgan fingerprint density at radius 3 is 2.32 bits per heavy atom. The van der Waals surface area contributed by atoms with Crippen LogP contribution in [0.3, 0.4) is 0 Å². The molecule has 3 nitrogen and oxygen atoms in total. The summed E-state index contributed by atoms with van der Waals surface area (Å²) < 4.78 is 0. The molecule has 0 bridgehead atoms. The lowest BCUT2D eigenvalue weighted by Crippen LogP contribution is -2.17. The maximum absolute atomic E-state index is 10.4. The number of aliphatic carboxylic acids is 1. The molecule has 1 aliphatic rings. The van der Waals surface area contributed by atoms with Gasteiger partial charge in [-0.1, -0.05) is 37.8 Å². The van der Waals surface area contributed by atoms with Crippen LogP contribution in [0.15, 0.2) is 30.3 Å². The molecular formula is C16H21NO2. The largest absolute Gasteiger partial charge is 0.478 e. The second-order valence-corrected chi connectivity index (χ2v) is 5.13. The van der Waals surface area contributed by atoms with Crippen molar-refractivity contribution in [2.24, 2.45) is 0 Å². The quantitative estimate of drug-likeness (QED) is 0.636. The van der Waals surface area contributed by atoms with Gasteiger partial charge >= 0.3 is 5.97 Å². The van der Waals surface area contributed by atoms with E-state index in [0.29, 0.717) is 6.04 Å². The molecule has 1 aromatic carbocycles. The molecule has 19 heavy (non-hydrogen) atoms. The van der Waals surface area contributed by atoms with E-state index in [0.717, 1.165) is 17.3 Å². The van der Waals surface area contributed by atoms with Crippen molar-refractivity contribution in [3.8, 4) is 0 Å². The molecule has 0 heterocycles. The van der Waals surface area contributed by atoms with Gasteiger partial charge in [-0.2, -0.15) is 0 Å². The number of carboxylic acids is 1. The lowest BCUT2D eigenvalue weighted by molar-refractivity contribution is -0.131. The minimum absolute atomic E-state index is 0.586. The van der Waals surface area contributed by atoms with E-state index in [-0.39, 0.29) is 0 Å². The van der Waals surface area contributed by atoms with E-state index in [1.54, 1.807) is 6.08 Å². The van der Waals surface area contributed by atoms with E-state index < -0.39 is 5.97 Å². The fourth-order valence-corrected chi connectivity index (χ4v) is 2.52. The summed E-state index contributed by atoms with van der Waals surface area (Å²) >= 11 is 0. The molecule has 2 rings (SSSR count).